The van der Waals surface area contributed by atoms with Gasteiger partial charge in [-0.2, -0.15) is 0 Å². The molecule has 0 amide bonds. The highest BCUT2D eigenvalue weighted by atomic mass is 14.8. The Balaban J connectivity index is 2.15. The third kappa shape index (κ3) is 3.43. The van der Waals surface area contributed by atoms with Crippen LogP contribution in [0.15, 0.2) is 54.6 Å². The molecule has 2 rings (SSSR count). The lowest BCUT2D eigenvalue weighted by Gasteiger charge is -2.29. The van der Waals surface area contributed by atoms with Crippen LogP contribution in [0.25, 0.3) is 0 Å². The van der Waals surface area contributed by atoms with Crippen LogP contribution in [-0.2, 0) is 5.54 Å². The van der Waals surface area contributed by atoms with Crippen molar-refractivity contribution >= 4 is 0 Å². The molecule has 0 saturated carbocycles. The summed E-state index contributed by atoms with van der Waals surface area (Å²) < 4.78 is 0. The Morgan fingerprint density at radius 2 is 1.58 bits per heavy atom. The number of benzene rings is 2. The van der Waals surface area contributed by atoms with Crippen molar-refractivity contribution in [3.63, 3.8) is 0 Å². The van der Waals surface area contributed by atoms with Crippen LogP contribution in [0.3, 0.4) is 0 Å². The van der Waals surface area contributed by atoms with Gasteiger partial charge in [0.15, 0.2) is 0 Å². The van der Waals surface area contributed by atoms with Crippen LogP contribution in [0.2, 0.25) is 0 Å². The topological polar surface area (TPSA) is 52.0 Å². The van der Waals surface area contributed by atoms with Crippen molar-refractivity contribution in [3.8, 4) is 0 Å². The second kappa shape index (κ2) is 5.55. The lowest BCUT2D eigenvalue weighted by atomic mass is 9.84. The Morgan fingerprint density at radius 1 is 1.00 bits per heavy atom. The van der Waals surface area contributed by atoms with Crippen LogP contribution < -0.4 is 11.5 Å². The highest BCUT2D eigenvalue weighted by Gasteiger charge is 2.24. The summed E-state index contributed by atoms with van der Waals surface area (Å²) in [4.78, 5) is 0. The fourth-order valence-corrected chi connectivity index (χ4v) is 2.33. The Bertz CT molecular complexity index is 515. The van der Waals surface area contributed by atoms with E-state index in [2.05, 4.69) is 43.3 Å². The van der Waals surface area contributed by atoms with Crippen molar-refractivity contribution < 1.29 is 0 Å². The molecule has 2 atom stereocenters. The summed E-state index contributed by atoms with van der Waals surface area (Å²) in [5.41, 5.74) is 15.8. The fraction of sp³-hybridized carbons (Fsp3) is 0.294. The van der Waals surface area contributed by atoms with E-state index in [-0.39, 0.29) is 6.04 Å². The lowest BCUT2D eigenvalue weighted by Crippen LogP contribution is -2.36. The molecule has 0 aliphatic heterocycles. The van der Waals surface area contributed by atoms with Gasteiger partial charge >= 0.3 is 0 Å². The number of hydrogen-bond acceptors (Lipinski definition) is 2. The Hall–Kier alpha value is -1.64. The van der Waals surface area contributed by atoms with Gasteiger partial charge in [-0.25, -0.2) is 0 Å². The van der Waals surface area contributed by atoms with Crippen molar-refractivity contribution in [3.05, 3.63) is 71.3 Å². The van der Waals surface area contributed by atoms with E-state index in [1.54, 1.807) is 0 Å². The standard InChI is InChI=1S/C17H22N2/c1-13-8-10-15(11-9-13)17(2,19)12-16(18)14-6-4-3-5-7-14/h3-11,16H,12,18-19H2,1-2H3. The van der Waals surface area contributed by atoms with Gasteiger partial charge in [0.1, 0.15) is 0 Å². The van der Waals surface area contributed by atoms with Gasteiger partial charge in [0.25, 0.3) is 0 Å². The SMILES string of the molecule is Cc1ccc(C(C)(N)CC(N)c2ccccc2)cc1. The maximum absolute atomic E-state index is 6.45. The van der Waals surface area contributed by atoms with E-state index in [4.69, 9.17) is 11.5 Å². The van der Waals surface area contributed by atoms with Crippen LogP contribution in [0.1, 0.15) is 36.1 Å². The van der Waals surface area contributed by atoms with Crippen molar-refractivity contribution in [1.29, 1.82) is 0 Å². The van der Waals surface area contributed by atoms with E-state index < -0.39 is 5.54 Å². The summed E-state index contributed by atoms with van der Waals surface area (Å²) >= 11 is 0. The molecule has 0 radical (unpaired) electrons. The molecule has 0 aliphatic carbocycles. The highest BCUT2D eigenvalue weighted by molar-refractivity contribution is 5.28. The van der Waals surface area contributed by atoms with Crippen molar-refractivity contribution in [2.75, 3.05) is 0 Å². The van der Waals surface area contributed by atoms with Crippen LogP contribution >= 0.6 is 0 Å². The van der Waals surface area contributed by atoms with Gasteiger partial charge in [-0.1, -0.05) is 60.2 Å². The van der Waals surface area contributed by atoms with E-state index in [0.29, 0.717) is 0 Å². The summed E-state index contributed by atoms with van der Waals surface area (Å²) in [7, 11) is 0. The van der Waals surface area contributed by atoms with Crippen LogP contribution in [-0.4, -0.2) is 0 Å². The van der Waals surface area contributed by atoms with E-state index >= 15 is 0 Å². The Labute approximate surface area is 115 Å². The average Bonchev–Trinajstić information content (AvgIpc) is 2.40. The van der Waals surface area contributed by atoms with Crippen LogP contribution in [0.4, 0.5) is 0 Å². The molecule has 2 aromatic rings. The van der Waals surface area contributed by atoms with E-state index in [0.717, 1.165) is 17.5 Å². The zero-order chi connectivity index (χ0) is 13.9. The lowest BCUT2D eigenvalue weighted by molar-refractivity contribution is 0.408. The zero-order valence-corrected chi connectivity index (χ0v) is 11.6. The van der Waals surface area contributed by atoms with Crippen molar-refractivity contribution in [2.24, 2.45) is 11.5 Å². The molecule has 0 heterocycles. The van der Waals surface area contributed by atoms with Gasteiger partial charge in [-0.3, -0.25) is 0 Å². The van der Waals surface area contributed by atoms with Crippen LogP contribution in [0.5, 0.6) is 0 Å². The maximum atomic E-state index is 6.45. The molecule has 0 bridgehead atoms. The molecule has 19 heavy (non-hydrogen) atoms. The van der Waals surface area contributed by atoms with Gasteiger partial charge in [-0.15, -0.1) is 0 Å². The van der Waals surface area contributed by atoms with Crippen molar-refractivity contribution in [2.45, 2.75) is 31.8 Å². The minimum atomic E-state index is -0.414. The Kier molecular flexibility index (Phi) is 4.03. The summed E-state index contributed by atoms with van der Waals surface area (Å²) in [5, 5.41) is 0. The third-order valence-electron chi connectivity index (χ3n) is 3.58. The number of nitrogens with two attached hydrogens (primary N) is 2. The number of aryl methyl sites for hydroxylation is 1. The largest absolute Gasteiger partial charge is 0.324 e. The molecule has 2 aromatic carbocycles. The summed E-state index contributed by atoms with van der Waals surface area (Å²) in [6.07, 6.45) is 0.722. The first kappa shape index (κ1) is 13.8. The molecule has 100 valence electrons. The molecule has 2 nitrogen and oxygen atoms in total. The second-order valence-corrected chi connectivity index (χ2v) is 5.50. The van der Waals surface area contributed by atoms with Gasteiger partial charge < -0.3 is 11.5 Å². The molecule has 0 fully saturated rings. The average molecular weight is 254 g/mol. The monoisotopic (exact) mass is 254 g/mol. The molecule has 0 aromatic heterocycles. The molecular weight excluding hydrogens is 232 g/mol. The smallest absolute Gasteiger partial charge is 0.0399 e. The predicted molar refractivity (Wildman–Crippen MR) is 80.7 cm³/mol. The molecular formula is C17H22N2. The van der Waals surface area contributed by atoms with Gasteiger partial charge in [-0.05, 0) is 31.4 Å². The van der Waals surface area contributed by atoms with E-state index in [9.17, 15) is 0 Å². The normalized spacial score (nSPS) is 15.8. The fourth-order valence-electron chi connectivity index (χ4n) is 2.33. The van der Waals surface area contributed by atoms with Gasteiger partial charge in [0, 0.05) is 11.6 Å². The van der Waals surface area contributed by atoms with Gasteiger partial charge in [0.2, 0.25) is 0 Å². The molecule has 0 spiro atoms. The molecule has 2 unspecified atom stereocenters. The first-order chi connectivity index (χ1) is 8.99. The summed E-state index contributed by atoms with van der Waals surface area (Å²) in [6.45, 7) is 4.12. The molecule has 0 aliphatic rings. The molecule has 2 heteroatoms. The van der Waals surface area contributed by atoms with Crippen molar-refractivity contribution in [1.82, 2.24) is 0 Å². The maximum Gasteiger partial charge on any atom is 0.0399 e. The summed E-state index contributed by atoms with van der Waals surface area (Å²) in [5.74, 6) is 0. The minimum Gasteiger partial charge on any atom is -0.324 e. The second-order valence-electron chi connectivity index (χ2n) is 5.50. The first-order valence-corrected chi connectivity index (χ1v) is 6.65. The molecule has 0 saturated heterocycles. The predicted octanol–water partition coefficient (Wildman–Crippen LogP) is 3.26. The number of hydrogen-bond donors (Lipinski definition) is 2. The first-order valence-electron chi connectivity index (χ1n) is 6.65. The molecule has 4 N–H and O–H groups in total. The van der Waals surface area contributed by atoms with E-state index in [1.165, 1.54) is 5.56 Å². The third-order valence-corrected chi connectivity index (χ3v) is 3.58. The Morgan fingerprint density at radius 3 is 2.16 bits per heavy atom. The summed E-state index contributed by atoms with van der Waals surface area (Å²) in [6, 6.07) is 18.4. The van der Waals surface area contributed by atoms with E-state index in [1.807, 2.05) is 25.1 Å². The van der Waals surface area contributed by atoms with Gasteiger partial charge in [0.05, 0.1) is 0 Å². The quantitative estimate of drug-likeness (QED) is 0.880. The minimum absolute atomic E-state index is 0.0440. The number of rotatable bonds is 4. The van der Waals surface area contributed by atoms with Crippen LogP contribution in [0, 0.1) is 6.92 Å². The zero-order valence-electron chi connectivity index (χ0n) is 11.6. The highest BCUT2D eigenvalue weighted by Crippen LogP contribution is 2.28.